The molecule has 1 aliphatic carbocycles. The number of rotatable bonds is 5. The van der Waals surface area contributed by atoms with Crippen LogP contribution in [0.2, 0.25) is 0 Å². The molecule has 0 spiro atoms. The van der Waals surface area contributed by atoms with Crippen molar-refractivity contribution in [3.63, 3.8) is 0 Å². The first-order valence-corrected chi connectivity index (χ1v) is 10.2. The summed E-state index contributed by atoms with van der Waals surface area (Å²) in [4.78, 5) is 33.0. The summed E-state index contributed by atoms with van der Waals surface area (Å²) in [5, 5.41) is 4.35. The molecule has 0 saturated heterocycles. The second kappa shape index (κ2) is 9.76. The van der Waals surface area contributed by atoms with Crippen LogP contribution >= 0.6 is 0 Å². The Hall–Kier alpha value is -2.86. The summed E-state index contributed by atoms with van der Waals surface area (Å²) in [6.07, 6.45) is 2.33. The van der Waals surface area contributed by atoms with E-state index in [4.69, 9.17) is 4.74 Å². The topological polar surface area (TPSA) is 71.1 Å². The van der Waals surface area contributed by atoms with E-state index in [0.717, 1.165) is 36.8 Å². The second-order valence-corrected chi connectivity index (χ2v) is 8.68. The summed E-state index contributed by atoms with van der Waals surface area (Å²) in [5.41, 5.74) is 2.35. The molecule has 0 heterocycles. The normalized spacial score (nSPS) is 19.0. The van der Waals surface area contributed by atoms with Crippen LogP contribution in [0, 0.1) is 11.3 Å². The van der Waals surface area contributed by atoms with Crippen LogP contribution in [0.25, 0.3) is 11.1 Å². The molecule has 2 aromatic rings. The Morgan fingerprint density at radius 3 is 2.17 bits per heavy atom. The number of carbonyl (C=O) groups is 2. The predicted octanol–water partition coefficient (Wildman–Crippen LogP) is 6.12. The highest BCUT2D eigenvalue weighted by molar-refractivity contribution is 5.90. The Morgan fingerprint density at radius 1 is 0.833 bits per heavy atom. The van der Waals surface area contributed by atoms with E-state index >= 15 is 0 Å². The van der Waals surface area contributed by atoms with Gasteiger partial charge in [-0.15, -0.1) is 0 Å². The van der Waals surface area contributed by atoms with Gasteiger partial charge < -0.3 is 4.74 Å². The second-order valence-electron chi connectivity index (χ2n) is 8.68. The first-order chi connectivity index (χ1) is 14.3. The van der Waals surface area contributed by atoms with E-state index in [1.807, 2.05) is 36.4 Å². The van der Waals surface area contributed by atoms with Gasteiger partial charge in [-0.3, -0.25) is 4.89 Å². The maximum absolute atomic E-state index is 12.2. The van der Waals surface area contributed by atoms with Gasteiger partial charge in [-0.1, -0.05) is 63.2 Å². The summed E-state index contributed by atoms with van der Waals surface area (Å²) in [5.74, 6) is -0.163. The zero-order chi connectivity index (χ0) is 21.6. The quantitative estimate of drug-likeness (QED) is 0.335. The first-order valence-electron chi connectivity index (χ1n) is 10.2. The van der Waals surface area contributed by atoms with Gasteiger partial charge in [0.2, 0.25) is 0 Å². The molecule has 1 fully saturated rings. The molecule has 0 radical (unpaired) electrons. The lowest BCUT2D eigenvalue weighted by molar-refractivity contribution is -0.453. The van der Waals surface area contributed by atoms with Crippen molar-refractivity contribution in [3.05, 3.63) is 60.2 Å². The summed E-state index contributed by atoms with van der Waals surface area (Å²) in [7, 11) is 0. The summed E-state index contributed by atoms with van der Waals surface area (Å²) in [6, 6.07) is 16.5. The van der Waals surface area contributed by atoms with E-state index in [9.17, 15) is 9.59 Å². The van der Waals surface area contributed by atoms with Crippen LogP contribution in [0.1, 0.15) is 56.8 Å². The van der Waals surface area contributed by atoms with Crippen LogP contribution in [0.3, 0.4) is 0 Å². The molecule has 0 aromatic heterocycles. The Bertz CT molecular complexity index is 847. The molecule has 3 rings (SSSR count). The molecule has 6 heteroatoms. The van der Waals surface area contributed by atoms with Gasteiger partial charge in [0.05, 0.1) is 10.6 Å². The zero-order valence-corrected chi connectivity index (χ0v) is 17.6. The molecule has 160 valence electrons. The molecule has 0 aliphatic heterocycles. The molecule has 1 aliphatic rings. The van der Waals surface area contributed by atoms with Crippen LogP contribution < -0.4 is 0 Å². The van der Waals surface area contributed by atoms with Crippen LogP contribution in [-0.2, 0) is 19.6 Å². The molecular formula is C24H28O6. The van der Waals surface area contributed by atoms with Crippen molar-refractivity contribution in [2.45, 2.75) is 52.6 Å². The lowest BCUT2D eigenvalue weighted by atomic mass is 9.72. The molecule has 30 heavy (non-hydrogen) atoms. The maximum Gasteiger partial charge on any atom is 0.543 e. The van der Waals surface area contributed by atoms with Crippen LogP contribution in [-0.4, -0.2) is 18.2 Å². The maximum atomic E-state index is 12.2. The molecule has 0 bridgehead atoms. The molecule has 0 atom stereocenters. The fourth-order valence-electron chi connectivity index (χ4n) is 3.78. The minimum absolute atomic E-state index is 0.210. The largest absolute Gasteiger partial charge is 0.543 e. The van der Waals surface area contributed by atoms with Gasteiger partial charge in [0, 0.05) is 0 Å². The van der Waals surface area contributed by atoms with Crippen molar-refractivity contribution >= 4 is 12.1 Å². The minimum atomic E-state index is -1.01. The van der Waals surface area contributed by atoms with Crippen molar-refractivity contribution in [3.8, 4) is 11.1 Å². The molecule has 0 unspecified atom stereocenters. The number of ether oxygens (including phenoxy) is 1. The van der Waals surface area contributed by atoms with Crippen molar-refractivity contribution in [1.29, 1.82) is 0 Å². The van der Waals surface area contributed by atoms with E-state index in [1.165, 1.54) is 0 Å². The highest BCUT2D eigenvalue weighted by Gasteiger charge is 2.31. The monoisotopic (exact) mass is 412 g/mol. The minimum Gasteiger partial charge on any atom is -0.429 e. The fourth-order valence-corrected chi connectivity index (χ4v) is 3.78. The molecule has 6 nitrogen and oxygen atoms in total. The summed E-state index contributed by atoms with van der Waals surface area (Å²) in [6.45, 7) is 6.68. The van der Waals surface area contributed by atoms with E-state index < -0.39 is 12.1 Å². The van der Waals surface area contributed by atoms with E-state index in [0.29, 0.717) is 5.92 Å². The van der Waals surface area contributed by atoms with E-state index in [-0.39, 0.29) is 17.1 Å². The number of hydrogen-bond donors (Lipinski definition) is 0. The van der Waals surface area contributed by atoms with Crippen molar-refractivity contribution in [1.82, 2.24) is 0 Å². The molecule has 2 aromatic carbocycles. The van der Waals surface area contributed by atoms with Crippen LogP contribution in [0.15, 0.2) is 54.6 Å². The van der Waals surface area contributed by atoms with Gasteiger partial charge in [0.15, 0.2) is 0 Å². The lowest BCUT2D eigenvalue weighted by Gasteiger charge is -2.36. The van der Waals surface area contributed by atoms with Gasteiger partial charge in [-0.05, 0) is 60.3 Å². The first kappa shape index (κ1) is 21.8. The van der Waals surface area contributed by atoms with E-state index in [2.05, 4.69) is 35.6 Å². The Kier molecular flexibility index (Phi) is 7.11. The summed E-state index contributed by atoms with van der Waals surface area (Å²) < 4.78 is 5.24. The number of benzene rings is 2. The van der Waals surface area contributed by atoms with Gasteiger partial charge in [0.25, 0.3) is 0 Å². The fraction of sp³-hybridized carbons (Fsp3) is 0.417. The predicted molar refractivity (Wildman–Crippen MR) is 111 cm³/mol. The number of hydrogen-bond acceptors (Lipinski definition) is 6. The SMILES string of the molecule is CC(C)(C)C1CCC(OC(=O)OOOC(=O)c2cccc(-c3ccccc3)c2)CC1. The van der Waals surface area contributed by atoms with E-state index in [1.54, 1.807) is 18.2 Å². The van der Waals surface area contributed by atoms with Gasteiger partial charge in [-0.25, -0.2) is 14.5 Å². The highest BCUT2D eigenvalue weighted by atomic mass is 17.5. The standard InChI is InChI=1S/C24H28O6/c1-24(2,3)20-12-14-21(15-13-20)27-23(26)29-30-28-22(25)19-11-7-10-18(16-19)17-8-5-4-6-9-17/h4-11,16,20-21H,12-15H2,1-3H3. The third-order valence-electron chi connectivity index (χ3n) is 5.58. The highest BCUT2D eigenvalue weighted by Crippen LogP contribution is 2.38. The smallest absolute Gasteiger partial charge is 0.429 e. The molecule has 0 N–H and O–H groups in total. The lowest BCUT2D eigenvalue weighted by Crippen LogP contribution is -2.30. The molecule has 0 amide bonds. The van der Waals surface area contributed by atoms with Gasteiger partial charge in [-0.2, -0.15) is 0 Å². The summed E-state index contributed by atoms with van der Waals surface area (Å²) >= 11 is 0. The number of carbonyl (C=O) groups excluding carboxylic acids is 2. The van der Waals surface area contributed by atoms with Crippen LogP contribution in [0.5, 0.6) is 0 Å². The average Bonchev–Trinajstić information content (AvgIpc) is 2.74. The Morgan fingerprint density at radius 2 is 1.50 bits per heavy atom. The average molecular weight is 412 g/mol. The third kappa shape index (κ3) is 6.07. The van der Waals surface area contributed by atoms with Gasteiger partial charge >= 0.3 is 12.1 Å². The molecular weight excluding hydrogens is 384 g/mol. The van der Waals surface area contributed by atoms with Crippen molar-refractivity contribution in [2.75, 3.05) is 0 Å². The third-order valence-corrected chi connectivity index (χ3v) is 5.58. The Labute approximate surface area is 176 Å². The van der Waals surface area contributed by atoms with Crippen LogP contribution in [0.4, 0.5) is 4.79 Å². The van der Waals surface area contributed by atoms with Crippen molar-refractivity contribution < 1.29 is 29.1 Å². The zero-order valence-electron chi connectivity index (χ0n) is 17.6. The van der Waals surface area contributed by atoms with Gasteiger partial charge in [0.1, 0.15) is 6.10 Å². The molecule has 1 saturated carbocycles. The Balaban J connectivity index is 1.42. The van der Waals surface area contributed by atoms with Crippen molar-refractivity contribution in [2.24, 2.45) is 11.3 Å².